The fourth-order valence-corrected chi connectivity index (χ4v) is 2.98. The molecular weight excluding hydrogens is 336 g/mol. The Morgan fingerprint density at radius 3 is 2.61 bits per heavy atom. The van der Waals surface area contributed by atoms with Gasteiger partial charge in [-0.05, 0) is 31.3 Å². The number of hydrogen-bond donors (Lipinski definition) is 0. The van der Waals surface area contributed by atoms with E-state index in [0.717, 1.165) is 43.7 Å². The monoisotopic (exact) mass is 352 g/mol. The maximum atomic E-state index is 12.1. The van der Waals surface area contributed by atoms with Crippen LogP contribution in [0.5, 0.6) is 5.88 Å². The summed E-state index contributed by atoms with van der Waals surface area (Å²) in [5, 5.41) is 0.600. The molecule has 2 heterocycles. The number of aromatic nitrogens is 2. The molecule has 0 aliphatic carbocycles. The Hall–Kier alpha value is -1.70. The summed E-state index contributed by atoms with van der Waals surface area (Å²) in [4.78, 5) is 16.6. The molecule has 1 fully saturated rings. The van der Waals surface area contributed by atoms with Crippen LogP contribution in [0.2, 0.25) is 5.02 Å². The molecule has 23 heavy (non-hydrogen) atoms. The average Bonchev–Trinajstić information content (AvgIpc) is 3.02. The molecule has 0 N–H and O–H groups in total. The molecular formula is C15H17ClN4O2S. The summed E-state index contributed by atoms with van der Waals surface area (Å²) in [6.07, 6.45) is 0. The van der Waals surface area contributed by atoms with Gasteiger partial charge >= 0.3 is 0 Å². The van der Waals surface area contributed by atoms with E-state index in [0.29, 0.717) is 16.5 Å². The number of nitrogens with zero attached hydrogens (tertiary/aromatic N) is 4. The van der Waals surface area contributed by atoms with Crippen LogP contribution in [0, 0.1) is 0 Å². The number of carbonyl (C=O) groups is 1. The van der Waals surface area contributed by atoms with Gasteiger partial charge in [-0.25, -0.2) is 0 Å². The molecule has 1 aliphatic heterocycles. The predicted molar refractivity (Wildman–Crippen MR) is 90.9 cm³/mol. The molecule has 1 aliphatic rings. The van der Waals surface area contributed by atoms with Crippen molar-refractivity contribution in [1.82, 2.24) is 13.6 Å². The van der Waals surface area contributed by atoms with E-state index in [2.05, 4.69) is 25.6 Å². The van der Waals surface area contributed by atoms with E-state index in [4.69, 9.17) is 16.3 Å². The third kappa shape index (κ3) is 3.99. The average molecular weight is 353 g/mol. The van der Waals surface area contributed by atoms with Crippen LogP contribution in [0.1, 0.15) is 10.4 Å². The van der Waals surface area contributed by atoms with E-state index in [1.54, 1.807) is 24.3 Å². The molecule has 8 heteroatoms. The largest absolute Gasteiger partial charge is 0.466 e. The van der Waals surface area contributed by atoms with Crippen LogP contribution in [0.25, 0.3) is 0 Å². The first kappa shape index (κ1) is 16.2. The summed E-state index contributed by atoms with van der Waals surface area (Å²) >= 11 is 6.92. The predicted octanol–water partition coefficient (Wildman–Crippen LogP) is 2.21. The van der Waals surface area contributed by atoms with Crippen LogP contribution >= 0.6 is 23.3 Å². The van der Waals surface area contributed by atoms with E-state index < -0.39 is 0 Å². The highest BCUT2D eigenvalue weighted by atomic mass is 35.5. The number of halogens is 1. The fourth-order valence-electron chi connectivity index (χ4n) is 2.33. The Balaban J connectivity index is 1.61. The minimum Gasteiger partial charge on any atom is -0.466 e. The van der Waals surface area contributed by atoms with Gasteiger partial charge in [-0.15, -0.1) is 4.37 Å². The standard InChI is InChI=1S/C15H17ClN4O2S/c1-19-6-8-20(9-7-19)14-15(18-23-17-14)22-10-13(21)11-2-4-12(16)5-3-11/h2-5H,6-10H2,1H3. The van der Waals surface area contributed by atoms with Crippen molar-refractivity contribution in [3.8, 4) is 5.88 Å². The van der Waals surface area contributed by atoms with E-state index in [1.165, 1.54) is 0 Å². The second kappa shape index (κ2) is 7.25. The SMILES string of the molecule is CN1CCN(c2nsnc2OCC(=O)c2ccc(Cl)cc2)CC1. The van der Waals surface area contributed by atoms with Gasteiger partial charge in [0.15, 0.2) is 12.4 Å². The van der Waals surface area contributed by atoms with Crippen LogP contribution in [-0.4, -0.2) is 59.3 Å². The van der Waals surface area contributed by atoms with Crippen LogP contribution in [0.15, 0.2) is 24.3 Å². The maximum Gasteiger partial charge on any atom is 0.271 e. The molecule has 0 saturated carbocycles. The van der Waals surface area contributed by atoms with Crippen molar-refractivity contribution in [3.05, 3.63) is 34.9 Å². The lowest BCUT2D eigenvalue weighted by Gasteiger charge is -2.32. The Morgan fingerprint density at radius 1 is 1.22 bits per heavy atom. The van der Waals surface area contributed by atoms with Crippen molar-refractivity contribution in [2.75, 3.05) is 44.7 Å². The lowest BCUT2D eigenvalue weighted by molar-refractivity contribution is 0.0919. The molecule has 0 unspecified atom stereocenters. The number of rotatable bonds is 5. The van der Waals surface area contributed by atoms with Crippen molar-refractivity contribution in [2.24, 2.45) is 0 Å². The van der Waals surface area contributed by atoms with Gasteiger partial charge in [-0.1, -0.05) is 11.6 Å². The number of likely N-dealkylation sites (N-methyl/N-ethyl adjacent to an activating group) is 1. The Labute approximate surface area is 143 Å². The van der Waals surface area contributed by atoms with Gasteiger partial charge in [-0.2, -0.15) is 4.37 Å². The number of anilines is 1. The van der Waals surface area contributed by atoms with E-state index in [-0.39, 0.29) is 12.4 Å². The zero-order valence-corrected chi connectivity index (χ0v) is 14.3. The molecule has 0 radical (unpaired) electrons. The summed E-state index contributed by atoms with van der Waals surface area (Å²) in [6.45, 7) is 3.64. The molecule has 6 nitrogen and oxygen atoms in total. The number of piperazine rings is 1. The lowest BCUT2D eigenvalue weighted by Crippen LogP contribution is -2.44. The fraction of sp³-hybridized carbons (Fsp3) is 0.400. The number of benzene rings is 1. The minimum atomic E-state index is -0.112. The van der Waals surface area contributed by atoms with Gasteiger partial charge in [0.2, 0.25) is 5.82 Å². The molecule has 0 bridgehead atoms. The first-order valence-corrected chi connectivity index (χ1v) is 8.42. The van der Waals surface area contributed by atoms with Crippen molar-refractivity contribution >= 4 is 34.9 Å². The van der Waals surface area contributed by atoms with Crippen molar-refractivity contribution in [1.29, 1.82) is 0 Å². The summed E-state index contributed by atoms with van der Waals surface area (Å²) in [5.41, 5.74) is 0.568. The first-order valence-electron chi connectivity index (χ1n) is 7.31. The van der Waals surface area contributed by atoms with E-state index in [1.807, 2.05) is 0 Å². The number of ketones is 1. The molecule has 3 rings (SSSR count). The molecule has 1 aromatic carbocycles. The van der Waals surface area contributed by atoms with Crippen molar-refractivity contribution in [3.63, 3.8) is 0 Å². The number of hydrogen-bond acceptors (Lipinski definition) is 7. The summed E-state index contributed by atoms with van der Waals surface area (Å²) < 4.78 is 14.1. The smallest absolute Gasteiger partial charge is 0.271 e. The van der Waals surface area contributed by atoms with Gasteiger partial charge in [0.25, 0.3) is 5.88 Å². The third-order valence-corrected chi connectivity index (χ3v) is 4.51. The zero-order chi connectivity index (χ0) is 16.2. The Bertz CT molecular complexity index is 668. The van der Waals surface area contributed by atoms with Crippen LogP contribution in [0.4, 0.5) is 5.82 Å². The highest BCUT2D eigenvalue weighted by Crippen LogP contribution is 2.26. The highest BCUT2D eigenvalue weighted by molar-refractivity contribution is 6.99. The molecule has 0 spiro atoms. The lowest BCUT2D eigenvalue weighted by atomic mass is 10.1. The van der Waals surface area contributed by atoms with Gasteiger partial charge in [0, 0.05) is 36.8 Å². The maximum absolute atomic E-state index is 12.1. The number of ether oxygens (including phenoxy) is 1. The van der Waals surface area contributed by atoms with Crippen molar-refractivity contribution < 1.29 is 9.53 Å². The topological polar surface area (TPSA) is 58.6 Å². The third-order valence-electron chi connectivity index (χ3n) is 3.75. The molecule has 0 amide bonds. The van der Waals surface area contributed by atoms with Crippen molar-refractivity contribution in [2.45, 2.75) is 0 Å². The Morgan fingerprint density at radius 2 is 1.91 bits per heavy atom. The Kier molecular flexibility index (Phi) is 5.09. The van der Waals surface area contributed by atoms with E-state index >= 15 is 0 Å². The second-order valence-corrected chi connectivity index (χ2v) is 6.37. The van der Waals surface area contributed by atoms with Crippen LogP contribution in [0.3, 0.4) is 0 Å². The normalized spacial score (nSPS) is 15.7. The quantitative estimate of drug-likeness (QED) is 0.769. The molecule has 1 saturated heterocycles. The van der Waals surface area contributed by atoms with Gasteiger partial charge in [-0.3, -0.25) is 4.79 Å². The summed E-state index contributed by atoms with van der Waals surface area (Å²) in [6, 6.07) is 6.76. The minimum absolute atomic E-state index is 0.0617. The van der Waals surface area contributed by atoms with Gasteiger partial charge < -0.3 is 14.5 Å². The number of carbonyl (C=O) groups excluding carboxylic acids is 1. The second-order valence-electron chi connectivity index (χ2n) is 5.40. The van der Waals surface area contributed by atoms with Gasteiger partial charge in [0.1, 0.15) is 0 Å². The van der Waals surface area contributed by atoms with Crippen LogP contribution in [-0.2, 0) is 0 Å². The summed E-state index contributed by atoms with van der Waals surface area (Å²) in [7, 11) is 2.10. The molecule has 1 aromatic heterocycles. The van der Waals surface area contributed by atoms with Gasteiger partial charge in [0.05, 0.1) is 11.7 Å². The summed E-state index contributed by atoms with van der Waals surface area (Å²) in [5.74, 6) is 1.05. The molecule has 2 aromatic rings. The zero-order valence-electron chi connectivity index (χ0n) is 12.7. The molecule has 0 atom stereocenters. The highest BCUT2D eigenvalue weighted by Gasteiger charge is 2.22. The first-order chi connectivity index (χ1) is 11.1. The van der Waals surface area contributed by atoms with Crippen LogP contribution < -0.4 is 9.64 Å². The molecule has 122 valence electrons. The van der Waals surface area contributed by atoms with E-state index in [9.17, 15) is 4.79 Å². The number of Topliss-reactive ketones (excluding diaryl/α,β-unsaturated/α-hetero) is 1.